The van der Waals surface area contributed by atoms with Crippen LogP contribution in [0, 0.1) is 17.3 Å². The van der Waals surface area contributed by atoms with E-state index in [1.54, 1.807) is 10.5 Å². The maximum atomic E-state index is 4.40. The molecule has 24 heavy (non-hydrogen) atoms. The summed E-state index contributed by atoms with van der Waals surface area (Å²) in [6, 6.07) is 0. The fraction of sp³-hybridized carbons (Fsp3) is 0.818. The van der Waals surface area contributed by atoms with Crippen LogP contribution in [0.5, 0.6) is 0 Å². The van der Waals surface area contributed by atoms with Gasteiger partial charge < -0.3 is 0 Å². The molecule has 3 rings (SSSR count). The van der Waals surface area contributed by atoms with E-state index in [9.17, 15) is 0 Å². The monoisotopic (exact) mass is 347 g/mol. The molecule has 0 aromatic rings. The maximum absolute atomic E-state index is 4.40. The molecule has 0 unspecified atom stereocenters. The van der Waals surface area contributed by atoms with Gasteiger partial charge in [-0.05, 0) is 71.8 Å². The van der Waals surface area contributed by atoms with Crippen molar-refractivity contribution in [3.8, 4) is 0 Å². The smallest absolute Gasteiger partial charge is 0.0201 e. The Balaban J connectivity index is 1.42. The lowest BCUT2D eigenvalue weighted by atomic mass is 9.64. The van der Waals surface area contributed by atoms with Gasteiger partial charge in [0.15, 0.2) is 0 Å². The molecule has 0 radical (unpaired) electrons. The van der Waals surface area contributed by atoms with E-state index in [-0.39, 0.29) is 0 Å². The first-order chi connectivity index (χ1) is 11.4. The van der Waals surface area contributed by atoms with E-state index < -0.39 is 0 Å². The summed E-state index contributed by atoms with van der Waals surface area (Å²) in [7, 11) is 0. The van der Waals surface area contributed by atoms with Gasteiger partial charge in [0, 0.05) is 13.1 Å². The lowest BCUT2D eigenvalue weighted by Crippen LogP contribution is -2.33. The molecule has 0 amide bonds. The summed E-state index contributed by atoms with van der Waals surface area (Å²) in [5, 5.41) is 0. The van der Waals surface area contributed by atoms with Crippen LogP contribution in [0.25, 0.3) is 0 Å². The summed E-state index contributed by atoms with van der Waals surface area (Å²) in [6.07, 6.45) is 12.7. The second kappa shape index (κ2) is 7.99. The van der Waals surface area contributed by atoms with E-state index in [1.807, 2.05) is 11.8 Å². The maximum Gasteiger partial charge on any atom is 0.0201 e. The fourth-order valence-electron chi connectivity index (χ4n) is 4.89. The lowest BCUT2D eigenvalue weighted by Gasteiger charge is -2.43. The highest BCUT2D eigenvalue weighted by Crippen LogP contribution is 2.52. The van der Waals surface area contributed by atoms with Crippen molar-refractivity contribution < 1.29 is 0 Å². The van der Waals surface area contributed by atoms with Crippen LogP contribution in [0.15, 0.2) is 22.0 Å². The molecule has 0 atom stereocenters. The molecule has 1 heterocycles. The van der Waals surface area contributed by atoms with Gasteiger partial charge in [-0.25, -0.2) is 0 Å². The van der Waals surface area contributed by atoms with Crippen molar-refractivity contribution in [3.05, 3.63) is 22.0 Å². The van der Waals surface area contributed by atoms with Crippen molar-refractivity contribution in [2.24, 2.45) is 17.3 Å². The summed E-state index contributed by atoms with van der Waals surface area (Å²) < 4.78 is 0. The highest BCUT2D eigenvalue weighted by molar-refractivity contribution is 8.06. The summed E-state index contributed by atoms with van der Waals surface area (Å²) in [5.74, 6) is 1.77. The van der Waals surface area contributed by atoms with Crippen LogP contribution in [-0.4, -0.2) is 24.5 Å². The lowest BCUT2D eigenvalue weighted by molar-refractivity contribution is 0.129. The normalized spacial score (nSPS) is 26.5. The molecule has 0 saturated heterocycles. The van der Waals surface area contributed by atoms with Gasteiger partial charge in [0.2, 0.25) is 0 Å². The third-order valence-electron chi connectivity index (χ3n) is 6.48. The summed E-state index contributed by atoms with van der Waals surface area (Å²) in [4.78, 5) is 5.75. The van der Waals surface area contributed by atoms with Crippen molar-refractivity contribution >= 4 is 11.8 Å². The Morgan fingerprint density at radius 3 is 2.54 bits per heavy atom. The Bertz CT molecular complexity index is 476. The first-order valence-electron chi connectivity index (χ1n) is 10.2. The number of thioether (sulfide) groups is 1. The number of rotatable bonds is 6. The molecule has 0 aromatic carbocycles. The summed E-state index contributed by atoms with van der Waals surface area (Å²) in [6.45, 7) is 15.3. The molecule has 0 N–H and O–H groups in total. The van der Waals surface area contributed by atoms with Gasteiger partial charge in [-0.15, -0.1) is 0 Å². The molecule has 3 aliphatic rings. The molecule has 2 aliphatic carbocycles. The van der Waals surface area contributed by atoms with Crippen LogP contribution >= 0.6 is 11.8 Å². The van der Waals surface area contributed by atoms with E-state index in [0.29, 0.717) is 5.41 Å². The van der Waals surface area contributed by atoms with Crippen LogP contribution in [0.3, 0.4) is 0 Å². The molecule has 2 heteroatoms. The molecule has 2 fully saturated rings. The highest BCUT2D eigenvalue weighted by Gasteiger charge is 2.37. The fourth-order valence-corrected chi connectivity index (χ4v) is 5.97. The molecule has 0 bridgehead atoms. The highest BCUT2D eigenvalue weighted by atomic mass is 32.2. The number of hydrogen-bond donors (Lipinski definition) is 0. The number of hydrogen-bond acceptors (Lipinski definition) is 2. The van der Waals surface area contributed by atoms with Crippen molar-refractivity contribution in [1.29, 1.82) is 0 Å². The van der Waals surface area contributed by atoms with Crippen molar-refractivity contribution in [3.63, 3.8) is 0 Å². The van der Waals surface area contributed by atoms with E-state index in [2.05, 4.69) is 32.3 Å². The minimum Gasteiger partial charge on any atom is -0.299 e. The Hall–Kier alpha value is -0.210. The number of nitrogens with zero attached hydrogens (tertiary/aromatic N) is 1. The van der Waals surface area contributed by atoms with E-state index in [0.717, 1.165) is 11.8 Å². The van der Waals surface area contributed by atoms with E-state index >= 15 is 0 Å². The van der Waals surface area contributed by atoms with E-state index in [4.69, 9.17) is 0 Å². The average Bonchev–Trinajstić information content (AvgIpc) is 2.54. The van der Waals surface area contributed by atoms with Crippen LogP contribution in [-0.2, 0) is 0 Å². The Kier molecular flexibility index (Phi) is 6.19. The molecule has 0 aromatic heterocycles. The zero-order valence-electron chi connectivity index (χ0n) is 16.2. The molecule has 1 nitrogen and oxygen atoms in total. The zero-order chi connectivity index (χ0) is 17.2. The third-order valence-corrected chi connectivity index (χ3v) is 7.87. The molecule has 1 aliphatic heterocycles. The van der Waals surface area contributed by atoms with Crippen molar-refractivity contribution in [2.75, 3.05) is 19.6 Å². The second-order valence-electron chi connectivity index (χ2n) is 9.36. The average molecular weight is 348 g/mol. The van der Waals surface area contributed by atoms with Crippen LogP contribution < -0.4 is 0 Å². The quantitative estimate of drug-likeness (QED) is 0.531. The number of allylic oxidation sites excluding steroid dienone is 1. The molecule has 136 valence electrons. The Morgan fingerprint density at radius 2 is 1.92 bits per heavy atom. The van der Waals surface area contributed by atoms with Gasteiger partial charge in [0.25, 0.3) is 0 Å². The summed E-state index contributed by atoms with van der Waals surface area (Å²) in [5.41, 5.74) is 2.16. The standard InChI is InChI=1S/C22H37NS/c1-17-16-23(12-10-19-8-6-5-7-9-19)13-11-21(17)24-18(2)20-14-22(3,4)15-20/h19-20H,2,5-16H2,1,3-4H3. The second-order valence-corrected chi connectivity index (χ2v) is 10.6. The first kappa shape index (κ1) is 18.6. The topological polar surface area (TPSA) is 3.24 Å². The molecular formula is C22H37NS. The third kappa shape index (κ3) is 4.91. The van der Waals surface area contributed by atoms with Crippen LogP contribution in [0.1, 0.15) is 78.6 Å². The predicted molar refractivity (Wildman–Crippen MR) is 108 cm³/mol. The van der Waals surface area contributed by atoms with Crippen molar-refractivity contribution in [1.82, 2.24) is 4.90 Å². The molecular weight excluding hydrogens is 310 g/mol. The minimum atomic E-state index is 0.556. The predicted octanol–water partition coefficient (Wildman–Crippen LogP) is 6.62. The van der Waals surface area contributed by atoms with Crippen LogP contribution in [0.2, 0.25) is 0 Å². The minimum absolute atomic E-state index is 0.556. The van der Waals surface area contributed by atoms with Gasteiger partial charge in [0.05, 0.1) is 0 Å². The molecule has 2 saturated carbocycles. The van der Waals surface area contributed by atoms with Crippen LogP contribution in [0.4, 0.5) is 0 Å². The van der Waals surface area contributed by atoms with E-state index in [1.165, 1.54) is 82.3 Å². The largest absolute Gasteiger partial charge is 0.299 e. The van der Waals surface area contributed by atoms with Gasteiger partial charge in [-0.2, -0.15) is 0 Å². The van der Waals surface area contributed by atoms with Gasteiger partial charge in [-0.3, -0.25) is 4.90 Å². The van der Waals surface area contributed by atoms with Crippen molar-refractivity contribution in [2.45, 2.75) is 78.6 Å². The Morgan fingerprint density at radius 1 is 1.21 bits per heavy atom. The molecule has 0 spiro atoms. The van der Waals surface area contributed by atoms with Gasteiger partial charge >= 0.3 is 0 Å². The summed E-state index contributed by atoms with van der Waals surface area (Å²) >= 11 is 2.02. The van der Waals surface area contributed by atoms with Gasteiger partial charge in [0.1, 0.15) is 0 Å². The Labute approximate surface area is 154 Å². The SMILES string of the molecule is C=C(SC1=C(C)CN(CCC2CCCCC2)CC1)C1CC(C)(C)C1. The van der Waals surface area contributed by atoms with Gasteiger partial charge in [-0.1, -0.05) is 64.3 Å². The zero-order valence-corrected chi connectivity index (χ0v) is 17.0. The first-order valence-corrected chi connectivity index (χ1v) is 11.0.